The summed E-state index contributed by atoms with van der Waals surface area (Å²) < 4.78 is 0. The van der Waals surface area contributed by atoms with Crippen molar-refractivity contribution in [2.24, 2.45) is 0 Å². The minimum absolute atomic E-state index is 0.286. The van der Waals surface area contributed by atoms with Gasteiger partial charge in [-0.25, -0.2) is 0 Å². The predicted octanol–water partition coefficient (Wildman–Crippen LogP) is 10.5. The number of phenolic OH excluding ortho intramolecular Hbond substituents is 1. The highest BCUT2D eigenvalue weighted by Gasteiger charge is 2.17. The molecule has 0 spiro atoms. The molecule has 1 nitrogen and oxygen atoms in total. The van der Waals surface area contributed by atoms with E-state index in [0.717, 1.165) is 5.56 Å². The van der Waals surface area contributed by atoms with Crippen LogP contribution in [0.15, 0.2) is 127 Å². The van der Waals surface area contributed by atoms with Crippen LogP contribution in [0.4, 0.5) is 0 Å². The largest absolute Gasteiger partial charge is 0.508 e. The lowest BCUT2D eigenvalue weighted by atomic mass is 9.85. The molecule has 0 bridgehead atoms. The van der Waals surface area contributed by atoms with Gasteiger partial charge in [-0.3, -0.25) is 0 Å². The van der Waals surface area contributed by atoms with E-state index in [9.17, 15) is 5.11 Å². The van der Waals surface area contributed by atoms with Crippen LogP contribution in [0.5, 0.6) is 5.75 Å². The fourth-order valence-corrected chi connectivity index (χ4v) is 6.90. The molecule has 0 saturated heterocycles. The Morgan fingerprint density at radius 1 is 0.308 bits per heavy atom. The number of hydrogen-bond donors (Lipinski definition) is 1. The predicted molar refractivity (Wildman–Crippen MR) is 166 cm³/mol. The molecule has 0 unspecified atom stereocenters. The van der Waals surface area contributed by atoms with Crippen LogP contribution < -0.4 is 0 Å². The maximum atomic E-state index is 9.84. The highest BCUT2D eigenvalue weighted by molar-refractivity contribution is 6.30. The van der Waals surface area contributed by atoms with E-state index in [-0.39, 0.29) is 5.75 Å². The maximum Gasteiger partial charge on any atom is 0.115 e. The second-order valence-electron chi connectivity index (χ2n) is 10.7. The maximum absolute atomic E-state index is 9.84. The molecular formula is C38H22O. The van der Waals surface area contributed by atoms with Gasteiger partial charge in [0.25, 0.3) is 0 Å². The first-order chi connectivity index (χ1) is 19.2. The van der Waals surface area contributed by atoms with E-state index < -0.39 is 0 Å². The second kappa shape index (κ2) is 7.46. The van der Waals surface area contributed by atoms with Gasteiger partial charge in [0, 0.05) is 0 Å². The Labute approximate surface area is 224 Å². The first-order valence-electron chi connectivity index (χ1n) is 13.4. The van der Waals surface area contributed by atoms with Gasteiger partial charge in [0.05, 0.1) is 0 Å². The molecule has 0 aliphatic rings. The SMILES string of the molecule is Oc1ccc(-c2ccc3ccc4ccc(-c5ccc6ccc7cccc8ccc5c6c78)c5ccc2c3c45)cc1. The Morgan fingerprint density at radius 2 is 0.692 bits per heavy atom. The van der Waals surface area contributed by atoms with Gasteiger partial charge in [-0.15, -0.1) is 0 Å². The van der Waals surface area contributed by atoms with E-state index in [1.54, 1.807) is 12.1 Å². The molecule has 0 atom stereocenters. The molecular weight excluding hydrogens is 472 g/mol. The van der Waals surface area contributed by atoms with Crippen LogP contribution >= 0.6 is 0 Å². The topological polar surface area (TPSA) is 20.2 Å². The van der Waals surface area contributed by atoms with E-state index in [1.165, 1.54) is 81.3 Å². The zero-order valence-electron chi connectivity index (χ0n) is 21.1. The zero-order chi connectivity index (χ0) is 25.7. The third-order valence-corrected chi connectivity index (χ3v) is 8.66. The van der Waals surface area contributed by atoms with Crippen molar-refractivity contribution in [1.82, 2.24) is 0 Å². The van der Waals surface area contributed by atoms with Gasteiger partial charge in [0.1, 0.15) is 5.75 Å². The van der Waals surface area contributed by atoms with E-state index in [0.29, 0.717) is 0 Å². The molecule has 0 saturated carbocycles. The third-order valence-electron chi connectivity index (χ3n) is 8.66. The molecule has 1 heteroatoms. The summed E-state index contributed by atoms with van der Waals surface area (Å²) in [4.78, 5) is 0. The van der Waals surface area contributed by atoms with E-state index in [1.807, 2.05) is 12.1 Å². The van der Waals surface area contributed by atoms with Crippen molar-refractivity contribution >= 4 is 64.6 Å². The molecule has 9 aromatic carbocycles. The fourth-order valence-electron chi connectivity index (χ4n) is 6.90. The normalized spacial score (nSPS) is 12.2. The molecule has 0 heterocycles. The van der Waals surface area contributed by atoms with Crippen molar-refractivity contribution in [3.05, 3.63) is 127 Å². The first-order valence-corrected chi connectivity index (χ1v) is 13.4. The molecule has 0 aromatic heterocycles. The summed E-state index contributed by atoms with van der Waals surface area (Å²) in [6.07, 6.45) is 0. The summed E-state index contributed by atoms with van der Waals surface area (Å²) in [5.74, 6) is 0.286. The zero-order valence-corrected chi connectivity index (χ0v) is 21.1. The molecule has 0 amide bonds. The molecule has 180 valence electrons. The van der Waals surface area contributed by atoms with Crippen LogP contribution in [0.2, 0.25) is 0 Å². The fraction of sp³-hybridized carbons (Fsp3) is 0. The van der Waals surface area contributed by atoms with E-state index >= 15 is 0 Å². The van der Waals surface area contributed by atoms with Gasteiger partial charge in [-0.1, -0.05) is 115 Å². The van der Waals surface area contributed by atoms with Crippen LogP contribution in [-0.4, -0.2) is 5.11 Å². The minimum atomic E-state index is 0.286. The molecule has 39 heavy (non-hydrogen) atoms. The number of aromatic hydroxyl groups is 1. The van der Waals surface area contributed by atoms with E-state index in [2.05, 4.69) is 103 Å². The lowest BCUT2D eigenvalue weighted by molar-refractivity contribution is 0.475. The monoisotopic (exact) mass is 494 g/mol. The molecule has 1 N–H and O–H groups in total. The molecule has 0 radical (unpaired) electrons. The Kier molecular flexibility index (Phi) is 3.99. The second-order valence-corrected chi connectivity index (χ2v) is 10.7. The first kappa shape index (κ1) is 20.9. The number of hydrogen-bond acceptors (Lipinski definition) is 1. The smallest absolute Gasteiger partial charge is 0.115 e. The highest BCUT2D eigenvalue weighted by atomic mass is 16.3. The van der Waals surface area contributed by atoms with Crippen molar-refractivity contribution in [2.45, 2.75) is 0 Å². The van der Waals surface area contributed by atoms with Crippen LogP contribution in [0.25, 0.3) is 86.9 Å². The summed E-state index contributed by atoms with van der Waals surface area (Å²) >= 11 is 0. The van der Waals surface area contributed by atoms with Gasteiger partial charge in [0.2, 0.25) is 0 Å². The van der Waals surface area contributed by atoms with Crippen molar-refractivity contribution in [3.63, 3.8) is 0 Å². The van der Waals surface area contributed by atoms with Crippen LogP contribution in [0.3, 0.4) is 0 Å². The quantitative estimate of drug-likeness (QED) is 0.237. The van der Waals surface area contributed by atoms with Gasteiger partial charge < -0.3 is 5.11 Å². The molecule has 9 rings (SSSR count). The molecule has 0 fully saturated rings. The van der Waals surface area contributed by atoms with Crippen molar-refractivity contribution in [3.8, 4) is 28.0 Å². The average Bonchev–Trinajstić information content (AvgIpc) is 2.99. The van der Waals surface area contributed by atoms with Crippen molar-refractivity contribution in [1.29, 1.82) is 0 Å². The van der Waals surface area contributed by atoms with Gasteiger partial charge in [-0.05, 0) is 99.0 Å². The van der Waals surface area contributed by atoms with Gasteiger partial charge in [0.15, 0.2) is 0 Å². The number of benzene rings is 9. The minimum Gasteiger partial charge on any atom is -0.508 e. The highest BCUT2D eigenvalue weighted by Crippen LogP contribution is 2.45. The van der Waals surface area contributed by atoms with Crippen molar-refractivity contribution in [2.75, 3.05) is 0 Å². The van der Waals surface area contributed by atoms with Crippen LogP contribution in [0.1, 0.15) is 0 Å². The Hall–Kier alpha value is -5.14. The Morgan fingerprint density at radius 3 is 1.26 bits per heavy atom. The molecule has 9 aromatic rings. The van der Waals surface area contributed by atoms with Crippen LogP contribution in [-0.2, 0) is 0 Å². The molecule has 0 aliphatic carbocycles. The molecule has 0 aliphatic heterocycles. The summed E-state index contributed by atoms with van der Waals surface area (Å²) in [7, 11) is 0. The summed E-state index contributed by atoms with van der Waals surface area (Å²) in [6, 6.07) is 45.9. The summed E-state index contributed by atoms with van der Waals surface area (Å²) in [5, 5.41) is 25.4. The lowest BCUT2D eigenvalue weighted by Crippen LogP contribution is -1.91. The Balaban J connectivity index is 1.39. The third kappa shape index (κ3) is 2.79. The summed E-state index contributed by atoms with van der Waals surface area (Å²) in [5.41, 5.74) is 4.84. The summed E-state index contributed by atoms with van der Waals surface area (Å²) in [6.45, 7) is 0. The average molecular weight is 495 g/mol. The Bertz CT molecular complexity index is 2360. The standard InChI is InChI=1S/C38H22O/c39-28-14-8-22(9-15-28)29-16-10-26-6-7-27-12-18-31(34-21-20-32(29)37(26)38(27)34)30-17-11-25-5-4-23-2-1-3-24-13-19-33(30)36(25)35(23)24/h1-21,39H. The number of phenols is 1. The van der Waals surface area contributed by atoms with Gasteiger partial charge in [-0.2, -0.15) is 0 Å². The van der Waals surface area contributed by atoms with Crippen LogP contribution in [0, 0.1) is 0 Å². The number of rotatable bonds is 2. The lowest BCUT2D eigenvalue weighted by Gasteiger charge is -2.18. The van der Waals surface area contributed by atoms with E-state index in [4.69, 9.17) is 0 Å². The van der Waals surface area contributed by atoms with Crippen molar-refractivity contribution < 1.29 is 5.11 Å². The van der Waals surface area contributed by atoms with Gasteiger partial charge >= 0.3 is 0 Å².